The number of carbonyl (C=O) groups is 1. The van der Waals surface area contributed by atoms with Crippen molar-refractivity contribution in [2.24, 2.45) is 5.41 Å². The second kappa shape index (κ2) is 4.52. The molecular formula is C17H21F2NO. The smallest absolute Gasteiger partial charge is 0.259 e. The fraction of sp³-hybridized carbons (Fsp3) is 0.588. The number of hydrogen-bond acceptors (Lipinski definition) is 1. The molecule has 0 N–H and O–H groups in total. The molecular weight excluding hydrogens is 272 g/mol. The van der Waals surface area contributed by atoms with Gasteiger partial charge in [-0.2, -0.15) is 0 Å². The molecule has 0 bridgehead atoms. The Balaban J connectivity index is 1.95. The Bertz CT molecular complexity index is 580. The van der Waals surface area contributed by atoms with Gasteiger partial charge in [0.2, 0.25) is 5.91 Å². The molecule has 2 fully saturated rings. The number of aryl methyl sites for hydroxylation is 1. The lowest BCUT2D eigenvalue weighted by Gasteiger charge is -2.31. The number of alkyl halides is 2. The summed E-state index contributed by atoms with van der Waals surface area (Å²) in [6.45, 7) is 4.29. The molecule has 4 heteroatoms. The molecule has 1 amide bonds. The highest BCUT2D eigenvalue weighted by atomic mass is 19.3. The average molecular weight is 293 g/mol. The highest BCUT2D eigenvalue weighted by Gasteiger charge is 2.62. The number of hydrogen-bond donors (Lipinski definition) is 0. The van der Waals surface area contributed by atoms with Crippen molar-refractivity contribution in [2.45, 2.75) is 58.0 Å². The molecule has 2 aliphatic heterocycles. The van der Waals surface area contributed by atoms with Gasteiger partial charge >= 0.3 is 0 Å². The lowest BCUT2D eigenvalue weighted by molar-refractivity contribution is -0.156. The first-order valence-electron chi connectivity index (χ1n) is 7.51. The summed E-state index contributed by atoms with van der Waals surface area (Å²) in [6.07, 6.45) is 1.94. The molecule has 21 heavy (non-hydrogen) atoms. The van der Waals surface area contributed by atoms with Gasteiger partial charge in [-0.05, 0) is 38.7 Å². The van der Waals surface area contributed by atoms with Crippen LogP contribution in [0.2, 0.25) is 0 Å². The van der Waals surface area contributed by atoms with Crippen LogP contribution < -0.4 is 0 Å². The van der Waals surface area contributed by atoms with Crippen molar-refractivity contribution >= 4 is 5.91 Å². The highest BCUT2D eigenvalue weighted by molar-refractivity contribution is 5.87. The van der Waals surface area contributed by atoms with E-state index in [0.29, 0.717) is 0 Å². The van der Waals surface area contributed by atoms with Gasteiger partial charge < -0.3 is 4.90 Å². The Morgan fingerprint density at radius 2 is 2.05 bits per heavy atom. The van der Waals surface area contributed by atoms with Crippen molar-refractivity contribution < 1.29 is 13.6 Å². The zero-order chi connectivity index (χ0) is 15.4. The van der Waals surface area contributed by atoms with Gasteiger partial charge in [-0.3, -0.25) is 4.79 Å². The standard InChI is InChI=1S/C17H21F2NO/c1-11-5-4-6-12(9-11)14-8-7-13-10-16(2,17(3,18)19)15(21)20(13)14/h4-6,9,13-14H,7-8,10H2,1-3H3/t13-,14+,16?/m1/s1. The molecule has 3 rings (SSSR count). The molecule has 1 aromatic carbocycles. The van der Waals surface area contributed by atoms with E-state index in [2.05, 4.69) is 6.07 Å². The summed E-state index contributed by atoms with van der Waals surface area (Å²) in [4.78, 5) is 14.4. The Morgan fingerprint density at radius 1 is 1.33 bits per heavy atom. The van der Waals surface area contributed by atoms with Crippen LogP contribution in [0.3, 0.4) is 0 Å². The summed E-state index contributed by atoms with van der Waals surface area (Å²) in [7, 11) is 0. The Hall–Kier alpha value is -1.45. The Morgan fingerprint density at radius 3 is 2.67 bits per heavy atom. The third-order valence-electron chi connectivity index (χ3n) is 5.25. The van der Waals surface area contributed by atoms with E-state index in [1.54, 1.807) is 4.90 Å². The molecule has 114 valence electrons. The van der Waals surface area contributed by atoms with E-state index >= 15 is 0 Å². The van der Waals surface area contributed by atoms with Crippen LogP contribution in [0.1, 0.15) is 50.3 Å². The maximum atomic E-state index is 13.9. The van der Waals surface area contributed by atoms with Crippen LogP contribution in [0, 0.1) is 12.3 Å². The molecule has 1 unspecified atom stereocenters. The van der Waals surface area contributed by atoms with Gasteiger partial charge in [0.15, 0.2) is 0 Å². The summed E-state index contributed by atoms with van der Waals surface area (Å²) >= 11 is 0. The van der Waals surface area contributed by atoms with Gasteiger partial charge in [0, 0.05) is 13.0 Å². The number of nitrogens with zero attached hydrogens (tertiary/aromatic N) is 1. The van der Waals surface area contributed by atoms with Gasteiger partial charge in [-0.25, -0.2) is 8.78 Å². The fourth-order valence-electron chi connectivity index (χ4n) is 3.81. The first kappa shape index (κ1) is 14.5. The molecule has 0 spiro atoms. The van der Waals surface area contributed by atoms with E-state index in [1.807, 2.05) is 25.1 Å². The van der Waals surface area contributed by atoms with Crippen molar-refractivity contribution in [3.8, 4) is 0 Å². The van der Waals surface area contributed by atoms with Gasteiger partial charge in [-0.1, -0.05) is 29.8 Å². The second-order valence-electron chi connectivity index (χ2n) is 6.80. The maximum absolute atomic E-state index is 13.9. The van der Waals surface area contributed by atoms with Crippen molar-refractivity contribution in [2.75, 3.05) is 0 Å². The highest BCUT2D eigenvalue weighted by Crippen LogP contribution is 2.54. The number of fused-ring (bicyclic) bond motifs is 1. The number of carbonyl (C=O) groups excluding carboxylic acids is 1. The van der Waals surface area contributed by atoms with E-state index in [0.717, 1.165) is 30.9 Å². The average Bonchev–Trinajstić information content (AvgIpc) is 2.89. The molecule has 3 atom stereocenters. The summed E-state index contributed by atoms with van der Waals surface area (Å²) in [5.41, 5.74) is 0.640. The van der Waals surface area contributed by atoms with Crippen LogP contribution >= 0.6 is 0 Å². The minimum absolute atomic E-state index is 0.0427. The Labute approximate surface area is 124 Å². The minimum Gasteiger partial charge on any atom is -0.332 e. The molecule has 0 aliphatic carbocycles. The predicted molar refractivity (Wildman–Crippen MR) is 77.1 cm³/mol. The van der Waals surface area contributed by atoms with E-state index in [9.17, 15) is 13.6 Å². The molecule has 1 aromatic rings. The zero-order valence-electron chi connectivity index (χ0n) is 12.7. The second-order valence-corrected chi connectivity index (χ2v) is 6.80. The van der Waals surface area contributed by atoms with Gasteiger partial charge in [0.05, 0.1) is 6.04 Å². The number of rotatable bonds is 2. The SMILES string of the molecule is Cc1cccc([C@@H]2CC[C@@H]3CC(C)(C(C)(F)F)C(=O)N32)c1. The molecule has 2 heterocycles. The van der Waals surface area contributed by atoms with Crippen molar-refractivity contribution in [3.63, 3.8) is 0 Å². The first-order chi connectivity index (χ1) is 9.74. The lowest BCUT2D eigenvalue weighted by Crippen LogP contribution is -2.44. The topological polar surface area (TPSA) is 20.3 Å². The van der Waals surface area contributed by atoms with Crippen molar-refractivity contribution in [1.82, 2.24) is 4.90 Å². The largest absolute Gasteiger partial charge is 0.332 e. The molecule has 2 nitrogen and oxygen atoms in total. The lowest BCUT2D eigenvalue weighted by atomic mass is 9.80. The number of halogens is 2. The van der Waals surface area contributed by atoms with E-state index in [4.69, 9.17) is 0 Å². The maximum Gasteiger partial charge on any atom is 0.259 e. The van der Waals surface area contributed by atoms with Gasteiger partial charge in [0.25, 0.3) is 5.92 Å². The van der Waals surface area contributed by atoms with E-state index in [1.165, 1.54) is 6.92 Å². The van der Waals surface area contributed by atoms with Crippen LogP contribution in [0.15, 0.2) is 24.3 Å². The van der Waals surface area contributed by atoms with Crippen LogP contribution in [-0.2, 0) is 4.79 Å². The number of benzene rings is 1. The molecule has 2 saturated heterocycles. The molecule has 0 radical (unpaired) electrons. The monoisotopic (exact) mass is 293 g/mol. The van der Waals surface area contributed by atoms with Gasteiger partial charge in [0.1, 0.15) is 5.41 Å². The predicted octanol–water partition coefficient (Wildman–Crippen LogP) is 4.09. The van der Waals surface area contributed by atoms with Crippen LogP contribution in [0.4, 0.5) is 8.78 Å². The fourth-order valence-corrected chi connectivity index (χ4v) is 3.81. The third-order valence-corrected chi connectivity index (χ3v) is 5.25. The summed E-state index contributed by atoms with van der Waals surface area (Å²) < 4.78 is 27.8. The van der Waals surface area contributed by atoms with Crippen molar-refractivity contribution in [1.29, 1.82) is 0 Å². The van der Waals surface area contributed by atoms with Crippen LogP contribution in [-0.4, -0.2) is 22.8 Å². The molecule has 0 aromatic heterocycles. The minimum atomic E-state index is -2.98. The molecule has 0 saturated carbocycles. The zero-order valence-corrected chi connectivity index (χ0v) is 12.7. The van der Waals surface area contributed by atoms with Crippen molar-refractivity contribution in [3.05, 3.63) is 35.4 Å². The van der Waals surface area contributed by atoms with Crippen LogP contribution in [0.25, 0.3) is 0 Å². The summed E-state index contributed by atoms with van der Waals surface area (Å²) in [5, 5.41) is 0. The summed E-state index contributed by atoms with van der Waals surface area (Å²) in [6, 6.07) is 7.93. The van der Waals surface area contributed by atoms with Crippen LogP contribution in [0.5, 0.6) is 0 Å². The molecule has 2 aliphatic rings. The number of amides is 1. The normalized spacial score (nSPS) is 32.6. The quantitative estimate of drug-likeness (QED) is 0.804. The van der Waals surface area contributed by atoms with Gasteiger partial charge in [-0.15, -0.1) is 0 Å². The Kier molecular flexibility index (Phi) is 3.12. The third kappa shape index (κ3) is 2.07. The van der Waals surface area contributed by atoms with E-state index in [-0.39, 0.29) is 24.4 Å². The first-order valence-corrected chi connectivity index (χ1v) is 7.51. The van der Waals surface area contributed by atoms with E-state index < -0.39 is 11.3 Å². The summed E-state index contributed by atoms with van der Waals surface area (Å²) in [5.74, 6) is -3.37.